The van der Waals surface area contributed by atoms with Crippen molar-refractivity contribution in [2.24, 2.45) is 0 Å². The molecule has 1 fully saturated rings. The molecule has 0 unspecified atom stereocenters. The lowest BCUT2D eigenvalue weighted by molar-refractivity contribution is -0.128. The monoisotopic (exact) mass is 244 g/mol. The fraction of sp³-hybridized carbons (Fsp3) is 0.533. The molecule has 2 heterocycles. The average Bonchev–Trinajstić information content (AvgIpc) is 2.88. The first-order chi connectivity index (χ1) is 8.74. The van der Waals surface area contributed by atoms with Crippen LogP contribution >= 0.6 is 0 Å². The minimum atomic E-state index is 0.218. The standard InChI is InChI=1S/C15H20N2O/c1-12(18)16-9-7-15(11-16)17-8-6-13-4-2-3-5-14(13)10-17/h2-5,15H,6-11H2,1H3/t15-/m0/s1. The van der Waals surface area contributed by atoms with Crippen LogP contribution in [0.4, 0.5) is 0 Å². The predicted molar refractivity (Wildman–Crippen MR) is 71.2 cm³/mol. The number of likely N-dealkylation sites (tertiary alicyclic amines) is 1. The van der Waals surface area contributed by atoms with Crippen LogP contribution in [0.25, 0.3) is 0 Å². The molecule has 0 aromatic heterocycles. The van der Waals surface area contributed by atoms with Crippen LogP contribution < -0.4 is 0 Å². The van der Waals surface area contributed by atoms with E-state index in [-0.39, 0.29) is 5.91 Å². The minimum Gasteiger partial charge on any atom is -0.341 e. The molecule has 0 bridgehead atoms. The van der Waals surface area contributed by atoms with E-state index in [1.807, 2.05) is 4.90 Å². The van der Waals surface area contributed by atoms with Gasteiger partial charge in [-0.1, -0.05) is 24.3 Å². The number of rotatable bonds is 1. The summed E-state index contributed by atoms with van der Waals surface area (Å²) in [5.74, 6) is 0.218. The van der Waals surface area contributed by atoms with Crippen molar-refractivity contribution < 1.29 is 4.79 Å². The largest absolute Gasteiger partial charge is 0.341 e. The number of hydrogen-bond donors (Lipinski definition) is 0. The Morgan fingerprint density at radius 3 is 2.72 bits per heavy atom. The van der Waals surface area contributed by atoms with Gasteiger partial charge in [-0.2, -0.15) is 0 Å². The van der Waals surface area contributed by atoms with E-state index in [1.54, 1.807) is 6.92 Å². The Labute approximate surface area is 108 Å². The summed E-state index contributed by atoms with van der Waals surface area (Å²) >= 11 is 0. The quantitative estimate of drug-likeness (QED) is 0.750. The third kappa shape index (κ3) is 2.15. The average molecular weight is 244 g/mol. The van der Waals surface area contributed by atoms with Gasteiger partial charge >= 0.3 is 0 Å². The van der Waals surface area contributed by atoms with Gasteiger partial charge < -0.3 is 4.90 Å². The summed E-state index contributed by atoms with van der Waals surface area (Å²) in [5.41, 5.74) is 2.96. The fourth-order valence-corrected chi connectivity index (χ4v) is 3.16. The van der Waals surface area contributed by atoms with Gasteiger partial charge in [-0.25, -0.2) is 0 Å². The first-order valence-corrected chi connectivity index (χ1v) is 6.80. The van der Waals surface area contributed by atoms with Gasteiger partial charge in [-0.15, -0.1) is 0 Å². The van der Waals surface area contributed by atoms with Crippen LogP contribution in [0.15, 0.2) is 24.3 Å². The molecule has 0 saturated carbocycles. The molecule has 3 heteroatoms. The summed E-state index contributed by atoms with van der Waals surface area (Å²) < 4.78 is 0. The van der Waals surface area contributed by atoms with Crippen molar-refractivity contribution in [3.05, 3.63) is 35.4 Å². The molecule has 96 valence electrons. The molecule has 3 nitrogen and oxygen atoms in total. The summed E-state index contributed by atoms with van der Waals surface area (Å²) in [4.78, 5) is 15.9. The highest BCUT2D eigenvalue weighted by atomic mass is 16.2. The zero-order valence-corrected chi connectivity index (χ0v) is 10.9. The zero-order valence-electron chi connectivity index (χ0n) is 10.9. The van der Waals surface area contributed by atoms with Crippen LogP contribution in [0, 0.1) is 0 Å². The normalized spacial score (nSPS) is 24.1. The van der Waals surface area contributed by atoms with Gasteiger partial charge in [0.15, 0.2) is 0 Å². The Hall–Kier alpha value is -1.35. The summed E-state index contributed by atoms with van der Waals surface area (Å²) in [5, 5.41) is 0. The van der Waals surface area contributed by atoms with Crippen molar-refractivity contribution in [3.63, 3.8) is 0 Å². The van der Waals surface area contributed by atoms with Gasteiger partial charge in [-0.05, 0) is 24.0 Å². The van der Waals surface area contributed by atoms with Crippen molar-refractivity contribution in [2.45, 2.75) is 32.4 Å². The summed E-state index contributed by atoms with van der Waals surface area (Å²) in [6.07, 6.45) is 2.27. The fourth-order valence-electron chi connectivity index (χ4n) is 3.16. The number of carbonyl (C=O) groups is 1. The molecule has 1 saturated heterocycles. The van der Waals surface area contributed by atoms with E-state index < -0.39 is 0 Å². The summed E-state index contributed by atoms with van der Waals surface area (Å²) in [6, 6.07) is 9.28. The molecule has 1 amide bonds. The molecular formula is C15H20N2O. The Bertz CT molecular complexity index is 458. The van der Waals surface area contributed by atoms with Gasteiger partial charge in [-0.3, -0.25) is 9.69 Å². The van der Waals surface area contributed by atoms with E-state index in [1.165, 1.54) is 11.1 Å². The molecule has 0 radical (unpaired) electrons. The third-order valence-corrected chi connectivity index (χ3v) is 4.29. The van der Waals surface area contributed by atoms with Crippen LogP contribution in [-0.4, -0.2) is 41.4 Å². The smallest absolute Gasteiger partial charge is 0.219 e. The third-order valence-electron chi connectivity index (χ3n) is 4.29. The molecule has 1 aromatic rings. The van der Waals surface area contributed by atoms with E-state index >= 15 is 0 Å². The number of nitrogens with zero attached hydrogens (tertiary/aromatic N) is 2. The second kappa shape index (κ2) is 4.73. The maximum absolute atomic E-state index is 11.4. The van der Waals surface area contributed by atoms with E-state index in [9.17, 15) is 4.79 Å². The number of benzene rings is 1. The number of amides is 1. The van der Waals surface area contributed by atoms with Crippen LogP contribution in [0.1, 0.15) is 24.5 Å². The number of hydrogen-bond acceptors (Lipinski definition) is 2. The predicted octanol–water partition coefficient (Wildman–Crippen LogP) is 1.67. The Morgan fingerprint density at radius 1 is 1.22 bits per heavy atom. The highest BCUT2D eigenvalue weighted by molar-refractivity contribution is 5.73. The lowest BCUT2D eigenvalue weighted by atomic mass is 9.98. The first kappa shape index (κ1) is 11.7. The highest BCUT2D eigenvalue weighted by Gasteiger charge is 2.30. The van der Waals surface area contributed by atoms with Crippen LogP contribution in [0.2, 0.25) is 0 Å². The molecule has 2 aliphatic heterocycles. The topological polar surface area (TPSA) is 23.6 Å². The second-order valence-corrected chi connectivity index (χ2v) is 5.40. The van der Waals surface area contributed by atoms with Crippen LogP contribution in [0.5, 0.6) is 0 Å². The molecule has 0 aliphatic carbocycles. The molecule has 3 rings (SSSR count). The number of carbonyl (C=O) groups excluding carboxylic acids is 1. The minimum absolute atomic E-state index is 0.218. The molecule has 18 heavy (non-hydrogen) atoms. The van der Waals surface area contributed by atoms with Crippen molar-refractivity contribution in [3.8, 4) is 0 Å². The maximum atomic E-state index is 11.4. The van der Waals surface area contributed by atoms with Gasteiger partial charge in [0.05, 0.1) is 0 Å². The lowest BCUT2D eigenvalue weighted by Gasteiger charge is -2.33. The van der Waals surface area contributed by atoms with Gasteiger partial charge in [0.1, 0.15) is 0 Å². The van der Waals surface area contributed by atoms with Gasteiger partial charge in [0.25, 0.3) is 0 Å². The van der Waals surface area contributed by atoms with E-state index in [0.29, 0.717) is 6.04 Å². The summed E-state index contributed by atoms with van der Waals surface area (Å²) in [7, 11) is 0. The summed E-state index contributed by atoms with van der Waals surface area (Å²) in [6.45, 7) is 5.70. The Kier molecular flexibility index (Phi) is 3.08. The molecule has 0 spiro atoms. The van der Waals surface area contributed by atoms with Gasteiger partial charge in [0, 0.05) is 39.1 Å². The Morgan fingerprint density at radius 2 is 2.00 bits per heavy atom. The van der Waals surface area contributed by atoms with Crippen molar-refractivity contribution in [1.82, 2.24) is 9.80 Å². The molecule has 1 aromatic carbocycles. The van der Waals surface area contributed by atoms with Crippen molar-refractivity contribution >= 4 is 5.91 Å². The molecular weight excluding hydrogens is 224 g/mol. The van der Waals surface area contributed by atoms with Crippen LogP contribution in [-0.2, 0) is 17.8 Å². The van der Waals surface area contributed by atoms with E-state index in [0.717, 1.165) is 39.0 Å². The SMILES string of the molecule is CC(=O)N1CC[C@H](N2CCc3ccccc3C2)C1. The Balaban J connectivity index is 1.68. The number of fused-ring (bicyclic) bond motifs is 1. The highest BCUT2D eigenvalue weighted by Crippen LogP contribution is 2.24. The van der Waals surface area contributed by atoms with Crippen molar-refractivity contribution in [1.29, 1.82) is 0 Å². The van der Waals surface area contributed by atoms with E-state index in [2.05, 4.69) is 29.2 Å². The molecule has 2 aliphatic rings. The molecule has 1 atom stereocenters. The molecule has 0 N–H and O–H groups in total. The maximum Gasteiger partial charge on any atom is 0.219 e. The van der Waals surface area contributed by atoms with Crippen molar-refractivity contribution in [2.75, 3.05) is 19.6 Å². The van der Waals surface area contributed by atoms with Gasteiger partial charge in [0.2, 0.25) is 5.91 Å². The van der Waals surface area contributed by atoms with Crippen LogP contribution in [0.3, 0.4) is 0 Å². The lowest BCUT2D eigenvalue weighted by Crippen LogP contribution is -2.41. The van der Waals surface area contributed by atoms with E-state index in [4.69, 9.17) is 0 Å². The zero-order chi connectivity index (χ0) is 12.5. The second-order valence-electron chi connectivity index (χ2n) is 5.40. The first-order valence-electron chi connectivity index (χ1n) is 6.80.